The Bertz CT molecular complexity index is 221. The first kappa shape index (κ1) is 11.7. The van der Waals surface area contributed by atoms with Crippen molar-refractivity contribution in [3.63, 3.8) is 0 Å². The van der Waals surface area contributed by atoms with Crippen LogP contribution in [-0.4, -0.2) is 23.3 Å². The normalized spacial score (nSPS) is 14.3. The van der Waals surface area contributed by atoms with Gasteiger partial charge in [-0.2, -0.15) is 0 Å². The third-order valence-electron chi connectivity index (χ3n) is 1.61. The van der Waals surface area contributed by atoms with Gasteiger partial charge < -0.3 is 16.6 Å². The number of carbonyl (C=O) groups is 1. The molecule has 0 aliphatic heterocycles. The van der Waals surface area contributed by atoms with Crippen molar-refractivity contribution >= 4 is 5.97 Å². The van der Waals surface area contributed by atoms with Crippen LogP contribution in [0.2, 0.25) is 0 Å². The van der Waals surface area contributed by atoms with Crippen molar-refractivity contribution in [2.75, 3.05) is 6.54 Å². The summed E-state index contributed by atoms with van der Waals surface area (Å²) in [5.41, 5.74) is 16.8. The molecule has 0 amide bonds. The molecule has 0 aliphatic rings. The standard InChI is InChI=1S/C6H13N5O2/c7-4-2-1-3-6(8,5(12)13)10-11-9/h1-4,7-8H2,(H,12,13). The molecule has 0 bridgehead atoms. The number of carboxylic acid groups (broad SMARTS) is 1. The second-order valence-electron chi connectivity index (χ2n) is 2.66. The lowest BCUT2D eigenvalue weighted by Crippen LogP contribution is -2.45. The number of rotatable bonds is 6. The highest BCUT2D eigenvalue weighted by Crippen LogP contribution is 2.13. The van der Waals surface area contributed by atoms with Gasteiger partial charge in [0.05, 0.1) is 0 Å². The van der Waals surface area contributed by atoms with Crippen molar-refractivity contribution in [1.29, 1.82) is 0 Å². The first-order chi connectivity index (χ1) is 6.06. The molecule has 74 valence electrons. The molecular formula is C6H13N5O2. The molecule has 0 radical (unpaired) electrons. The summed E-state index contributed by atoms with van der Waals surface area (Å²) in [6, 6.07) is 0. The maximum Gasteiger partial charge on any atom is 0.329 e. The van der Waals surface area contributed by atoms with Gasteiger partial charge in [-0.05, 0) is 31.3 Å². The summed E-state index contributed by atoms with van der Waals surface area (Å²) < 4.78 is 0. The molecule has 1 unspecified atom stereocenters. The highest BCUT2D eigenvalue weighted by atomic mass is 16.4. The summed E-state index contributed by atoms with van der Waals surface area (Å²) in [4.78, 5) is 13.0. The number of hydrogen-bond donors (Lipinski definition) is 3. The smallest absolute Gasteiger partial charge is 0.329 e. The Hall–Kier alpha value is -1.30. The van der Waals surface area contributed by atoms with E-state index >= 15 is 0 Å². The molecule has 13 heavy (non-hydrogen) atoms. The van der Waals surface area contributed by atoms with Gasteiger partial charge in [-0.1, -0.05) is 5.11 Å². The highest BCUT2D eigenvalue weighted by Gasteiger charge is 2.31. The maximum absolute atomic E-state index is 10.6. The minimum absolute atomic E-state index is 0.101. The molecule has 0 rings (SSSR count). The lowest BCUT2D eigenvalue weighted by molar-refractivity contribution is -0.143. The molecule has 0 heterocycles. The van der Waals surface area contributed by atoms with E-state index in [1.807, 2.05) is 0 Å². The van der Waals surface area contributed by atoms with Crippen molar-refractivity contribution in [1.82, 2.24) is 0 Å². The van der Waals surface area contributed by atoms with Gasteiger partial charge in [0.25, 0.3) is 0 Å². The minimum atomic E-state index is -1.83. The van der Waals surface area contributed by atoms with E-state index in [0.717, 1.165) is 0 Å². The number of azide groups is 1. The summed E-state index contributed by atoms with van der Waals surface area (Å²) >= 11 is 0. The van der Waals surface area contributed by atoms with Crippen LogP contribution >= 0.6 is 0 Å². The molecule has 0 saturated heterocycles. The topological polar surface area (TPSA) is 138 Å². The maximum atomic E-state index is 10.6. The second kappa shape index (κ2) is 5.36. The third kappa shape index (κ3) is 3.75. The van der Waals surface area contributed by atoms with Crippen LogP contribution in [0.3, 0.4) is 0 Å². The van der Waals surface area contributed by atoms with Gasteiger partial charge in [-0.25, -0.2) is 0 Å². The van der Waals surface area contributed by atoms with E-state index in [9.17, 15) is 4.79 Å². The Balaban J connectivity index is 4.25. The molecule has 0 aliphatic carbocycles. The van der Waals surface area contributed by atoms with Crippen LogP contribution in [0, 0.1) is 0 Å². The van der Waals surface area contributed by atoms with Crippen LogP contribution in [-0.2, 0) is 4.79 Å². The van der Waals surface area contributed by atoms with E-state index in [4.69, 9.17) is 22.1 Å². The lowest BCUT2D eigenvalue weighted by Gasteiger charge is -2.17. The predicted octanol–water partition coefficient (Wildman–Crippen LogP) is 0.165. The first-order valence-corrected chi connectivity index (χ1v) is 3.85. The molecule has 0 spiro atoms. The van der Waals surface area contributed by atoms with Crippen LogP contribution in [0.4, 0.5) is 0 Å². The zero-order chi connectivity index (χ0) is 10.3. The molecule has 0 aromatic heterocycles. The fraction of sp³-hybridized carbons (Fsp3) is 0.833. The van der Waals surface area contributed by atoms with Crippen molar-refractivity contribution in [3.05, 3.63) is 10.4 Å². The third-order valence-corrected chi connectivity index (χ3v) is 1.61. The predicted molar refractivity (Wildman–Crippen MR) is 46.6 cm³/mol. The van der Waals surface area contributed by atoms with Crippen LogP contribution in [0.1, 0.15) is 19.3 Å². The Morgan fingerprint density at radius 3 is 2.62 bits per heavy atom. The van der Waals surface area contributed by atoms with Gasteiger partial charge >= 0.3 is 5.97 Å². The molecule has 7 heteroatoms. The summed E-state index contributed by atoms with van der Waals surface area (Å²) in [7, 11) is 0. The molecule has 1 atom stereocenters. The van der Waals surface area contributed by atoms with Crippen molar-refractivity contribution in [2.24, 2.45) is 16.6 Å². The van der Waals surface area contributed by atoms with Crippen LogP contribution < -0.4 is 11.5 Å². The first-order valence-electron chi connectivity index (χ1n) is 3.85. The Kier molecular flexibility index (Phi) is 4.83. The van der Waals surface area contributed by atoms with Crippen LogP contribution in [0.15, 0.2) is 5.11 Å². The SMILES string of the molecule is [N-]=[N+]=NC(N)(CCCCN)C(=O)O. The average Bonchev–Trinajstić information content (AvgIpc) is 2.05. The number of nitrogens with zero attached hydrogens (tertiary/aromatic N) is 3. The van der Waals surface area contributed by atoms with E-state index in [-0.39, 0.29) is 6.42 Å². The van der Waals surface area contributed by atoms with Crippen LogP contribution in [0.5, 0.6) is 0 Å². The van der Waals surface area contributed by atoms with Gasteiger partial charge in [0.1, 0.15) is 0 Å². The molecule has 7 nitrogen and oxygen atoms in total. The van der Waals surface area contributed by atoms with Gasteiger partial charge in [0.15, 0.2) is 5.66 Å². The molecule has 0 saturated carbocycles. The number of carboxylic acids is 1. The van der Waals surface area contributed by atoms with E-state index in [0.29, 0.717) is 19.4 Å². The fourth-order valence-corrected chi connectivity index (χ4v) is 0.818. The molecule has 5 N–H and O–H groups in total. The van der Waals surface area contributed by atoms with Crippen molar-refractivity contribution < 1.29 is 9.90 Å². The summed E-state index contributed by atoms with van der Waals surface area (Å²) in [6.45, 7) is 0.464. The van der Waals surface area contributed by atoms with E-state index in [1.165, 1.54) is 0 Å². The summed E-state index contributed by atoms with van der Waals surface area (Å²) in [5, 5.41) is 11.7. The van der Waals surface area contributed by atoms with Crippen molar-refractivity contribution in [3.8, 4) is 0 Å². The minimum Gasteiger partial charge on any atom is -0.480 e. The zero-order valence-corrected chi connectivity index (χ0v) is 7.18. The quantitative estimate of drug-likeness (QED) is 0.236. The Labute approximate surface area is 75.3 Å². The van der Waals surface area contributed by atoms with Gasteiger partial charge in [-0.3, -0.25) is 4.79 Å². The fourth-order valence-electron chi connectivity index (χ4n) is 0.818. The van der Waals surface area contributed by atoms with E-state index in [2.05, 4.69) is 10.0 Å². The van der Waals surface area contributed by atoms with Gasteiger partial charge in [0.2, 0.25) is 0 Å². The molecule has 0 fully saturated rings. The number of aliphatic carboxylic acids is 1. The average molecular weight is 187 g/mol. The molecule has 0 aromatic rings. The number of unbranched alkanes of at least 4 members (excludes halogenated alkanes) is 1. The Morgan fingerprint density at radius 1 is 1.62 bits per heavy atom. The second-order valence-corrected chi connectivity index (χ2v) is 2.66. The molecule has 0 aromatic carbocycles. The summed E-state index contributed by atoms with van der Waals surface area (Å²) in [5.74, 6) is -1.32. The summed E-state index contributed by atoms with van der Waals surface area (Å²) in [6.07, 6.45) is 1.29. The van der Waals surface area contributed by atoms with Crippen LogP contribution in [0.25, 0.3) is 10.4 Å². The number of hydrogen-bond acceptors (Lipinski definition) is 4. The lowest BCUT2D eigenvalue weighted by atomic mass is 10.0. The van der Waals surface area contributed by atoms with Gasteiger partial charge in [-0.15, -0.1) is 0 Å². The van der Waals surface area contributed by atoms with Gasteiger partial charge in [0, 0.05) is 4.91 Å². The Morgan fingerprint density at radius 2 is 2.23 bits per heavy atom. The van der Waals surface area contributed by atoms with Crippen molar-refractivity contribution in [2.45, 2.75) is 24.9 Å². The largest absolute Gasteiger partial charge is 0.480 e. The monoisotopic (exact) mass is 187 g/mol. The zero-order valence-electron chi connectivity index (χ0n) is 7.18. The molecular weight excluding hydrogens is 174 g/mol. The van der Waals surface area contributed by atoms with E-state index < -0.39 is 11.6 Å². The number of nitrogens with two attached hydrogens (primary N) is 2. The van der Waals surface area contributed by atoms with E-state index in [1.54, 1.807) is 0 Å². The highest BCUT2D eigenvalue weighted by molar-refractivity contribution is 5.77.